The number of hydrogen-bond donors (Lipinski definition) is 1. The van der Waals surface area contributed by atoms with Crippen LogP contribution in [0.5, 0.6) is 5.75 Å². The molecule has 1 aliphatic carbocycles. The molecule has 0 bridgehead atoms. The lowest BCUT2D eigenvalue weighted by Crippen LogP contribution is -2.10. The van der Waals surface area contributed by atoms with E-state index >= 15 is 0 Å². The second kappa shape index (κ2) is 6.90. The van der Waals surface area contributed by atoms with Gasteiger partial charge in [0.25, 0.3) is 0 Å². The van der Waals surface area contributed by atoms with Crippen molar-refractivity contribution in [3.63, 3.8) is 0 Å². The Morgan fingerprint density at radius 2 is 1.89 bits per heavy atom. The number of hydrogen-bond acceptors (Lipinski definition) is 3. The van der Waals surface area contributed by atoms with Crippen molar-refractivity contribution in [3.05, 3.63) is 24.3 Å². The Morgan fingerprint density at radius 1 is 1.17 bits per heavy atom. The van der Waals surface area contributed by atoms with E-state index in [0.29, 0.717) is 0 Å². The number of nitrogens with zero attached hydrogens (tertiary/aromatic N) is 1. The second-order valence-electron chi connectivity index (χ2n) is 4.90. The average Bonchev–Trinajstić information content (AvgIpc) is 2.42. The summed E-state index contributed by atoms with van der Waals surface area (Å²) in [6.45, 7) is 0.801. The predicted octanol–water partition coefficient (Wildman–Crippen LogP) is 3.93. The van der Waals surface area contributed by atoms with Gasteiger partial charge in [-0.2, -0.15) is 5.26 Å². The van der Waals surface area contributed by atoms with Crippen LogP contribution < -0.4 is 10.1 Å². The second-order valence-corrected chi connectivity index (χ2v) is 4.90. The molecule has 1 fully saturated rings. The SMILES string of the molecule is N#CNc1ccc(OCCC2CCCCC2)cc1. The molecular weight excluding hydrogens is 224 g/mol. The largest absolute Gasteiger partial charge is 0.494 e. The molecule has 1 aliphatic rings. The van der Waals surface area contributed by atoms with Crippen LogP contribution in [0.3, 0.4) is 0 Å². The summed E-state index contributed by atoms with van der Waals surface area (Å²) < 4.78 is 5.73. The lowest BCUT2D eigenvalue weighted by molar-refractivity contribution is 0.246. The highest BCUT2D eigenvalue weighted by molar-refractivity contribution is 5.48. The molecule has 3 heteroatoms. The summed E-state index contributed by atoms with van der Waals surface area (Å²) >= 11 is 0. The minimum atomic E-state index is 0.801. The maximum absolute atomic E-state index is 8.48. The standard InChI is InChI=1S/C15H20N2O/c16-12-17-14-6-8-15(9-7-14)18-11-10-13-4-2-1-3-5-13/h6-9,13,17H,1-5,10-11H2. The molecule has 0 radical (unpaired) electrons. The highest BCUT2D eigenvalue weighted by Crippen LogP contribution is 2.26. The van der Waals surface area contributed by atoms with Gasteiger partial charge in [0, 0.05) is 5.69 Å². The zero-order valence-corrected chi connectivity index (χ0v) is 10.7. The summed E-state index contributed by atoms with van der Waals surface area (Å²) in [7, 11) is 0. The molecule has 0 aromatic heterocycles. The Balaban J connectivity index is 1.71. The summed E-state index contributed by atoms with van der Waals surface area (Å²) in [5, 5.41) is 11.1. The molecule has 0 unspecified atom stereocenters. The van der Waals surface area contributed by atoms with Gasteiger partial charge >= 0.3 is 0 Å². The van der Waals surface area contributed by atoms with Crippen LogP contribution in [0.15, 0.2) is 24.3 Å². The molecule has 1 aromatic rings. The lowest BCUT2D eigenvalue weighted by Gasteiger charge is -2.21. The molecule has 0 atom stereocenters. The van der Waals surface area contributed by atoms with Gasteiger partial charge in [0.05, 0.1) is 6.61 Å². The maximum Gasteiger partial charge on any atom is 0.181 e. The van der Waals surface area contributed by atoms with Crippen LogP contribution >= 0.6 is 0 Å². The number of rotatable bonds is 5. The van der Waals surface area contributed by atoms with Crippen LogP contribution in [0.2, 0.25) is 0 Å². The van der Waals surface area contributed by atoms with Crippen LogP contribution in [-0.2, 0) is 0 Å². The van der Waals surface area contributed by atoms with Crippen molar-refractivity contribution in [2.24, 2.45) is 5.92 Å². The Kier molecular flexibility index (Phi) is 4.89. The van der Waals surface area contributed by atoms with Gasteiger partial charge in [0.1, 0.15) is 5.75 Å². The minimum Gasteiger partial charge on any atom is -0.494 e. The van der Waals surface area contributed by atoms with Gasteiger partial charge in [0.15, 0.2) is 6.19 Å². The van der Waals surface area contributed by atoms with E-state index in [1.54, 1.807) is 0 Å². The van der Waals surface area contributed by atoms with Gasteiger partial charge in [-0.25, -0.2) is 0 Å². The smallest absolute Gasteiger partial charge is 0.181 e. The lowest BCUT2D eigenvalue weighted by atomic mass is 9.87. The van der Waals surface area contributed by atoms with Gasteiger partial charge in [0.2, 0.25) is 0 Å². The molecular formula is C15H20N2O. The molecule has 1 N–H and O–H groups in total. The first-order valence-corrected chi connectivity index (χ1v) is 6.76. The van der Waals surface area contributed by atoms with Gasteiger partial charge < -0.3 is 4.74 Å². The van der Waals surface area contributed by atoms with E-state index in [9.17, 15) is 0 Å². The third-order valence-corrected chi connectivity index (χ3v) is 3.57. The van der Waals surface area contributed by atoms with Crippen molar-refractivity contribution in [3.8, 4) is 11.9 Å². The quantitative estimate of drug-likeness (QED) is 0.630. The van der Waals surface area contributed by atoms with E-state index in [1.807, 2.05) is 30.5 Å². The van der Waals surface area contributed by atoms with E-state index in [1.165, 1.54) is 32.1 Å². The molecule has 2 rings (SSSR count). The Hall–Kier alpha value is -1.69. The molecule has 0 heterocycles. The van der Waals surface area contributed by atoms with Crippen LogP contribution in [0.4, 0.5) is 5.69 Å². The summed E-state index contributed by atoms with van der Waals surface area (Å²) in [5.74, 6) is 1.74. The third-order valence-electron chi connectivity index (χ3n) is 3.57. The molecule has 96 valence electrons. The zero-order valence-electron chi connectivity index (χ0n) is 10.7. The molecule has 3 nitrogen and oxygen atoms in total. The summed E-state index contributed by atoms with van der Waals surface area (Å²) in [6.07, 6.45) is 9.99. The highest BCUT2D eigenvalue weighted by atomic mass is 16.5. The fraction of sp³-hybridized carbons (Fsp3) is 0.533. The Labute approximate surface area is 109 Å². The first-order valence-electron chi connectivity index (χ1n) is 6.76. The number of nitrogens with one attached hydrogen (secondary N) is 1. The van der Waals surface area contributed by atoms with Crippen molar-refractivity contribution in [2.75, 3.05) is 11.9 Å². The van der Waals surface area contributed by atoms with Crippen LogP contribution in [0.25, 0.3) is 0 Å². The number of ether oxygens (including phenoxy) is 1. The average molecular weight is 244 g/mol. The van der Waals surface area contributed by atoms with E-state index in [-0.39, 0.29) is 0 Å². The molecule has 0 spiro atoms. The third kappa shape index (κ3) is 3.96. The maximum atomic E-state index is 8.48. The summed E-state index contributed by atoms with van der Waals surface area (Å²) in [4.78, 5) is 0. The fourth-order valence-electron chi connectivity index (χ4n) is 2.52. The van der Waals surface area contributed by atoms with Gasteiger partial charge in [-0.15, -0.1) is 0 Å². The minimum absolute atomic E-state index is 0.801. The van der Waals surface area contributed by atoms with E-state index in [0.717, 1.165) is 30.4 Å². The normalized spacial score (nSPS) is 15.9. The number of anilines is 1. The zero-order chi connectivity index (χ0) is 12.6. The number of benzene rings is 1. The van der Waals surface area contributed by atoms with Crippen molar-refractivity contribution in [2.45, 2.75) is 38.5 Å². The molecule has 1 saturated carbocycles. The van der Waals surface area contributed by atoms with Gasteiger partial charge in [-0.05, 0) is 36.6 Å². The first kappa shape index (κ1) is 12.8. The topological polar surface area (TPSA) is 45.0 Å². The van der Waals surface area contributed by atoms with Crippen molar-refractivity contribution >= 4 is 5.69 Å². The fourth-order valence-corrected chi connectivity index (χ4v) is 2.52. The predicted molar refractivity (Wildman–Crippen MR) is 72.4 cm³/mol. The molecule has 18 heavy (non-hydrogen) atoms. The van der Waals surface area contributed by atoms with Crippen LogP contribution in [0, 0.1) is 17.4 Å². The van der Waals surface area contributed by atoms with E-state index < -0.39 is 0 Å². The van der Waals surface area contributed by atoms with E-state index in [2.05, 4.69) is 5.32 Å². The number of nitriles is 1. The first-order chi connectivity index (χ1) is 8.88. The van der Waals surface area contributed by atoms with Crippen LogP contribution in [0.1, 0.15) is 38.5 Å². The monoisotopic (exact) mass is 244 g/mol. The molecule has 1 aromatic carbocycles. The van der Waals surface area contributed by atoms with Gasteiger partial charge in [-0.3, -0.25) is 5.32 Å². The van der Waals surface area contributed by atoms with E-state index in [4.69, 9.17) is 10.00 Å². The Bertz CT molecular complexity index is 388. The summed E-state index contributed by atoms with van der Waals surface area (Å²) in [6, 6.07) is 7.53. The molecule has 0 amide bonds. The van der Waals surface area contributed by atoms with Crippen LogP contribution in [-0.4, -0.2) is 6.61 Å². The van der Waals surface area contributed by atoms with Crippen molar-refractivity contribution < 1.29 is 4.74 Å². The summed E-state index contributed by atoms with van der Waals surface area (Å²) in [5.41, 5.74) is 0.803. The highest BCUT2D eigenvalue weighted by Gasteiger charge is 2.12. The molecule has 0 saturated heterocycles. The van der Waals surface area contributed by atoms with Crippen molar-refractivity contribution in [1.82, 2.24) is 0 Å². The molecule has 0 aliphatic heterocycles. The van der Waals surface area contributed by atoms with Crippen molar-refractivity contribution in [1.29, 1.82) is 5.26 Å². The van der Waals surface area contributed by atoms with Gasteiger partial charge in [-0.1, -0.05) is 32.1 Å². The Morgan fingerprint density at radius 3 is 2.56 bits per heavy atom.